The summed E-state index contributed by atoms with van der Waals surface area (Å²) in [4.78, 5) is 15.4. The SMILES string of the molecule is c1ccc(N(c2ccc(-c3nc4ccccc4nc3-c3ccc(N(c4ccccc4)c4ccc5c(c4)c4ccccc4n5-c4ccc5ccccc5c4)cc3)cc2)c2ccc3c(c2)c2ccccc2n3-c2ccc3ccccc3c2)cc1. The van der Waals surface area contributed by atoms with Gasteiger partial charge in [-0.1, -0.05) is 170 Å². The van der Waals surface area contributed by atoms with E-state index in [1.54, 1.807) is 0 Å². The van der Waals surface area contributed by atoms with Gasteiger partial charge in [-0.15, -0.1) is 0 Å². The molecule has 0 unspecified atom stereocenters. The van der Waals surface area contributed by atoms with Crippen molar-refractivity contribution in [1.82, 2.24) is 19.1 Å². The van der Waals surface area contributed by atoms with Gasteiger partial charge in [0.15, 0.2) is 0 Å². The highest BCUT2D eigenvalue weighted by Gasteiger charge is 2.22. The molecule has 0 spiro atoms. The van der Waals surface area contributed by atoms with Crippen molar-refractivity contribution in [2.45, 2.75) is 0 Å². The molecule has 0 saturated carbocycles. The van der Waals surface area contributed by atoms with E-state index in [4.69, 9.17) is 9.97 Å². The van der Waals surface area contributed by atoms with Gasteiger partial charge in [0.25, 0.3) is 0 Å². The predicted molar refractivity (Wildman–Crippen MR) is 343 cm³/mol. The molecule has 16 rings (SSSR count). The molecule has 0 bridgehead atoms. The minimum absolute atomic E-state index is 0.820. The van der Waals surface area contributed by atoms with E-state index >= 15 is 0 Å². The molecule has 6 heteroatoms. The molecule has 0 radical (unpaired) electrons. The first-order valence-electron chi connectivity index (χ1n) is 27.9. The Morgan fingerprint density at radius 1 is 0.232 bits per heavy atom. The van der Waals surface area contributed by atoms with Gasteiger partial charge in [-0.25, -0.2) is 9.97 Å². The Bertz CT molecular complexity index is 4780. The van der Waals surface area contributed by atoms with E-state index in [1.165, 1.54) is 54.1 Å². The van der Waals surface area contributed by atoms with E-state index in [9.17, 15) is 0 Å². The predicted octanol–water partition coefficient (Wildman–Crippen LogP) is 20.4. The van der Waals surface area contributed by atoms with E-state index in [1.807, 2.05) is 24.3 Å². The van der Waals surface area contributed by atoms with Crippen molar-refractivity contribution in [2.75, 3.05) is 9.80 Å². The minimum atomic E-state index is 0.820. The number of hydrogen-bond acceptors (Lipinski definition) is 4. The molecule has 0 N–H and O–H groups in total. The van der Waals surface area contributed by atoms with Crippen molar-refractivity contribution < 1.29 is 0 Å². The number of hydrogen-bond donors (Lipinski definition) is 0. The first kappa shape index (κ1) is 47.0. The lowest BCUT2D eigenvalue weighted by Gasteiger charge is -2.26. The van der Waals surface area contributed by atoms with Crippen LogP contribution in [-0.2, 0) is 0 Å². The van der Waals surface area contributed by atoms with Crippen molar-refractivity contribution in [3.05, 3.63) is 303 Å². The molecule has 0 amide bonds. The van der Waals surface area contributed by atoms with Gasteiger partial charge in [0.1, 0.15) is 0 Å². The van der Waals surface area contributed by atoms with Crippen molar-refractivity contribution in [2.24, 2.45) is 0 Å². The van der Waals surface area contributed by atoms with Crippen LogP contribution in [0.2, 0.25) is 0 Å². The van der Waals surface area contributed by atoms with Crippen LogP contribution in [-0.4, -0.2) is 19.1 Å². The highest BCUT2D eigenvalue weighted by molar-refractivity contribution is 6.12. The van der Waals surface area contributed by atoms with Crippen LogP contribution < -0.4 is 9.80 Å². The lowest BCUT2D eigenvalue weighted by atomic mass is 10.0. The average Bonchev–Trinajstić information content (AvgIpc) is 4.16. The van der Waals surface area contributed by atoms with Gasteiger partial charge in [0, 0.05) is 78.2 Å². The van der Waals surface area contributed by atoms with Gasteiger partial charge in [-0.05, 0) is 155 Å². The zero-order valence-corrected chi connectivity index (χ0v) is 44.6. The fraction of sp³-hybridized carbons (Fsp3) is 0. The molecule has 3 aromatic heterocycles. The summed E-state index contributed by atoms with van der Waals surface area (Å²) < 4.78 is 4.79. The Morgan fingerprint density at radius 3 is 1.01 bits per heavy atom. The Hall–Kier alpha value is -11.1. The second-order valence-electron chi connectivity index (χ2n) is 21.0. The van der Waals surface area contributed by atoms with Gasteiger partial charge in [-0.3, -0.25) is 0 Å². The second kappa shape index (κ2) is 19.4. The number of para-hydroxylation sites is 6. The molecule has 13 aromatic carbocycles. The van der Waals surface area contributed by atoms with Crippen molar-refractivity contribution in [1.29, 1.82) is 0 Å². The number of anilines is 6. The van der Waals surface area contributed by atoms with Crippen LogP contribution in [0.3, 0.4) is 0 Å². The van der Waals surface area contributed by atoms with Crippen LogP contribution in [0.25, 0.3) is 110 Å². The van der Waals surface area contributed by atoms with Gasteiger partial charge < -0.3 is 18.9 Å². The largest absolute Gasteiger partial charge is 0.310 e. The second-order valence-corrected chi connectivity index (χ2v) is 21.0. The molecule has 82 heavy (non-hydrogen) atoms. The summed E-state index contributed by atoms with van der Waals surface area (Å²) in [5.41, 5.74) is 18.6. The van der Waals surface area contributed by atoms with Crippen LogP contribution in [0, 0.1) is 0 Å². The molecule has 0 saturated heterocycles. The number of rotatable bonds is 10. The molecule has 6 nitrogen and oxygen atoms in total. The van der Waals surface area contributed by atoms with Gasteiger partial charge >= 0.3 is 0 Å². The lowest BCUT2D eigenvalue weighted by molar-refractivity contribution is 1.18. The van der Waals surface area contributed by atoms with Crippen molar-refractivity contribution in [3.63, 3.8) is 0 Å². The summed E-state index contributed by atoms with van der Waals surface area (Å²) >= 11 is 0. The van der Waals surface area contributed by atoms with Gasteiger partial charge in [-0.2, -0.15) is 0 Å². The van der Waals surface area contributed by atoms with E-state index in [2.05, 4.69) is 298 Å². The molecule has 384 valence electrons. The summed E-state index contributed by atoms with van der Waals surface area (Å²) in [5.74, 6) is 0. The summed E-state index contributed by atoms with van der Waals surface area (Å²) in [6.07, 6.45) is 0. The summed E-state index contributed by atoms with van der Waals surface area (Å²) in [7, 11) is 0. The van der Waals surface area contributed by atoms with E-state index < -0.39 is 0 Å². The molecule has 0 atom stereocenters. The van der Waals surface area contributed by atoms with E-state index in [0.29, 0.717) is 0 Å². The normalized spacial score (nSPS) is 11.7. The third kappa shape index (κ3) is 7.95. The number of nitrogens with zero attached hydrogens (tertiary/aromatic N) is 6. The fourth-order valence-corrected chi connectivity index (χ4v) is 12.4. The van der Waals surface area contributed by atoms with Crippen LogP contribution in [0.4, 0.5) is 34.1 Å². The molecular formula is C76H50N6. The zero-order valence-electron chi connectivity index (χ0n) is 44.6. The van der Waals surface area contributed by atoms with Gasteiger partial charge in [0.2, 0.25) is 0 Å². The number of aromatic nitrogens is 4. The average molecular weight is 1050 g/mol. The monoisotopic (exact) mass is 1050 g/mol. The van der Waals surface area contributed by atoms with Crippen LogP contribution in [0.5, 0.6) is 0 Å². The Labute approximate surface area is 473 Å². The standard InChI is InChI=1S/C76H50N6/c1-3-21-57(22-4-1)79(63-43-45-73-67(49-63)65-25-11-15-29-71(65)81(73)61-41-31-51-17-7-9-19-55(51)47-61)59-37-33-53(34-38-59)75-76(78-70-28-14-13-27-69(70)77-75)54-35-39-60(40-36-54)80(58-23-5-2-6-24-58)64-44-46-74-68(50-64)66-26-12-16-30-72(66)82(74)62-42-32-52-18-8-10-20-56(52)48-62/h1-50H. The highest BCUT2D eigenvalue weighted by atomic mass is 15.1. The summed E-state index contributed by atoms with van der Waals surface area (Å²) in [6.45, 7) is 0. The lowest BCUT2D eigenvalue weighted by Crippen LogP contribution is -2.10. The van der Waals surface area contributed by atoms with Gasteiger partial charge in [0.05, 0.1) is 44.5 Å². The molecule has 3 heterocycles. The first-order valence-corrected chi connectivity index (χ1v) is 27.9. The first-order chi connectivity index (χ1) is 40.6. The number of fused-ring (bicyclic) bond motifs is 9. The third-order valence-corrected chi connectivity index (χ3v) is 16.2. The van der Waals surface area contributed by atoms with Crippen LogP contribution in [0.1, 0.15) is 0 Å². The maximum absolute atomic E-state index is 5.37. The Morgan fingerprint density at radius 2 is 0.573 bits per heavy atom. The molecule has 16 aromatic rings. The quantitative estimate of drug-likeness (QED) is 0.137. The maximum Gasteiger partial charge on any atom is 0.0973 e. The van der Waals surface area contributed by atoms with E-state index in [-0.39, 0.29) is 0 Å². The van der Waals surface area contributed by atoms with E-state index in [0.717, 1.165) is 90.1 Å². The van der Waals surface area contributed by atoms with Crippen molar-refractivity contribution >= 4 is 110 Å². The fourth-order valence-electron chi connectivity index (χ4n) is 12.4. The topological polar surface area (TPSA) is 42.1 Å². The molecule has 0 fully saturated rings. The third-order valence-electron chi connectivity index (χ3n) is 16.2. The summed E-state index contributed by atoms with van der Waals surface area (Å²) in [6, 6.07) is 109. The molecular weight excluding hydrogens is 997 g/mol. The molecule has 0 aliphatic heterocycles. The van der Waals surface area contributed by atoms with Crippen LogP contribution in [0.15, 0.2) is 303 Å². The molecule has 0 aliphatic rings. The summed E-state index contributed by atoms with van der Waals surface area (Å²) in [5, 5.41) is 9.69. The zero-order chi connectivity index (χ0) is 54.1. The van der Waals surface area contributed by atoms with Crippen LogP contribution >= 0.6 is 0 Å². The Balaban J connectivity index is 0.775. The maximum atomic E-state index is 5.37. The Kier molecular flexibility index (Phi) is 11.1. The van der Waals surface area contributed by atoms with Crippen molar-refractivity contribution in [3.8, 4) is 33.9 Å². The minimum Gasteiger partial charge on any atom is -0.310 e. The molecule has 0 aliphatic carbocycles. The smallest absolute Gasteiger partial charge is 0.0973 e. The number of benzene rings is 13. The highest BCUT2D eigenvalue weighted by Crippen LogP contribution is 2.44.